The van der Waals surface area contributed by atoms with Crippen molar-refractivity contribution in [1.29, 1.82) is 0 Å². The van der Waals surface area contributed by atoms with Crippen LogP contribution < -0.4 is 10.6 Å². The minimum atomic E-state index is -0.709. The third kappa shape index (κ3) is 2.88. The second-order valence-corrected chi connectivity index (χ2v) is 4.93. The highest BCUT2D eigenvalue weighted by Gasteiger charge is 2.31. The zero-order chi connectivity index (χ0) is 13.2. The first kappa shape index (κ1) is 13.0. The summed E-state index contributed by atoms with van der Waals surface area (Å²) in [6.07, 6.45) is 3.00. The average molecular weight is 252 g/mol. The number of aryl methyl sites for hydroxylation is 1. The molecule has 0 unspecified atom stereocenters. The molecule has 2 rings (SSSR count). The van der Waals surface area contributed by atoms with Crippen molar-refractivity contribution in [2.75, 3.05) is 37.4 Å². The van der Waals surface area contributed by atoms with Gasteiger partial charge in [0, 0.05) is 51.4 Å². The van der Waals surface area contributed by atoms with Crippen LogP contribution in [0.5, 0.6) is 0 Å². The van der Waals surface area contributed by atoms with E-state index in [0.29, 0.717) is 32.6 Å². The van der Waals surface area contributed by atoms with Gasteiger partial charge in [-0.1, -0.05) is 0 Å². The van der Waals surface area contributed by atoms with Crippen LogP contribution in [0.4, 0.5) is 11.8 Å². The van der Waals surface area contributed by atoms with Crippen LogP contribution in [0.2, 0.25) is 0 Å². The van der Waals surface area contributed by atoms with E-state index in [2.05, 4.69) is 9.97 Å². The van der Waals surface area contributed by atoms with E-state index in [-0.39, 0.29) is 5.95 Å². The van der Waals surface area contributed by atoms with Gasteiger partial charge < -0.3 is 20.5 Å². The summed E-state index contributed by atoms with van der Waals surface area (Å²) < 4.78 is 5.27. The highest BCUT2D eigenvalue weighted by Crippen LogP contribution is 2.24. The molecule has 0 bridgehead atoms. The molecule has 6 heteroatoms. The van der Waals surface area contributed by atoms with Gasteiger partial charge in [0.05, 0.1) is 5.60 Å². The Morgan fingerprint density at radius 3 is 2.83 bits per heavy atom. The number of nitrogens with zero attached hydrogens (tertiary/aromatic N) is 3. The quantitative estimate of drug-likeness (QED) is 0.807. The van der Waals surface area contributed by atoms with Crippen molar-refractivity contribution in [1.82, 2.24) is 9.97 Å². The Labute approximate surface area is 107 Å². The van der Waals surface area contributed by atoms with E-state index in [1.54, 1.807) is 6.20 Å². The molecule has 0 atom stereocenters. The lowest BCUT2D eigenvalue weighted by Crippen LogP contribution is -2.46. The lowest BCUT2D eigenvalue weighted by atomic mass is 9.94. The van der Waals surface area contributed by atoms with Crippen molar-refractivity contribution < 1.29 is 9.84 Å². The molecule has 0 radical (unpaired) electrons. The van der Waals surface area contributed by atoms with E-state index < -0.39 is 5.60 Å². The van der Waals surface area contributed by atoms with Crippen molar-refractivity contribution in [3.8, 4) is 0 Å². The van der Waals surface area contributed by atoms with Crippen LogP contribution in [0, 0.1) is 6.92 Å². The maximum Gasteiger partial charge on any atom is 0.221 e. The summed E-state index contributed by atoms with van der Waals surface area (Å²) in [5.41, 5.74) is 5.84. The Kier molecular flexibility index (Phi) is 3.68. The van der Waals surface area contributed by atoms with Crippen LogP contribution in [-0.2, 0) is 4.74 Å². The second-order valence-electron chi connectivity index (χ2n) is 4.93. The highest BCUT2D eigenvalue weighted by molar-refractivity contribution is 5.47. The van der Waals surface area contributed by atoms with Crippen molar-refractivity contribution in [3.05, 3.63) is 11.8 Å². The van der Waals surface area contributed by atoms with Crippen LogP contribution >= 0.6 is 0 Å². The zero-order valence-electron chi connectivity index (χ0n) is 10.9. The van der Waals surface area contributed by atoms with Gasteiger partial charge in [0.25, 0.3) is 0 Å². The summed E-state index contributed by atoms with van der Waals surface area (Å²) in [7, 11) is 1.90. The first-order valence-corrected chi connectivity index (χ1v) is 6.11. The molecular formula is C12H20N4O2. The van der Waals surface area contributed by atoms with Gasteiger partial charge in [0.2, 0.25) is 5.95 Å². The monoisotopic (exact) mass is 252 g/mol. The van der Waals surface area contributed by atoms with Gasteiger partial charge in [0.1, 0.15) is 5.82 Å². The Balaban J connectivity index is 2.11. The number of hydrogen-bond donors (Lipinski definition) is 2. The lowest BCUT2D eigenvalue weighted by molar-refractivity contribution is -0.0573. The fourth-order valence-electron chi connectivity index (χ4n) is 2.26. The Bertz CT molecular complexity index is 419. The summed E-state index contributed by atoms with van der Waals surface area (Å²) in [6, 6.07) is 0. The molecule has 0 aliphatic carbocycles. The van der Waals surface area contributed by atoms with Crippen molar-refractivity contribution in [2.24, 2.45) is 0 Å². The first-order valence-electron chi connectivity index (χ1n) is 6.11. The fraction of sp³-hybridized carbons (Fsp3) is 0.667. The number of likely N-dealkylation sites (N-methyl/N-ethyl adjacent to an activating group) is 1. The number of anilines is 2. The maximum absolute atomic E-state index is 10.5. The fourth-order valence-corrected chi connectivity index (χ4v) is 2.26. The molecule has 0 spiro atoms. The lowest BCUT2D eigenvalue weighted by Gasteiger charge is -2.36. The molecule has 18 heavy (non-hydrogen) atoms. The van der Waals surface area contributed by atoms with Crippen LogP contribution in [0.15, 0.2) is 6.20 Å². The molecule has 1 saturated heterocycles. The molecular weight excluding hydrogens is 232 g/mol. The summed E-state index contributed by atoms with van der Waals surface area (Å²) >= 11 is 0. The molecule has 1 aromatic heterocycles. The van der Waals surface area contributed by atoms with Crippen molar-refractivity contribution in [3.63, 3.8) is 0 Å². The summed E-state index contributed by atoms with van der Waals surface area (Å²) in [5.74, 6) is 1.02. The predicted octanol–water partition coefficient (Wildman–Crippen LogP) is 0.345. The van der Waals surface area contributed by atoms with Gasteiger partial charge in [-0.3, -0.25) is 0 Å². The molecule has 1 aliphatic heterocycles. The van der Waals surface area contributed by atoms with Crippen molar-refractivity contribution in [2.45, 2.75) is 25.4 Å². The minimum absolute atomic E-state index is 0.251. The van der Waals surface area contributed by atoms with E-state index in [1.165, 1.54) is 0 Å². The Morgan fingerprint density at radius 1 is 1.50 bits per heavy atom. The number of ether oxygens (including phenoxy) is 1. The predicted molar refractivity (Wildman–Crippen MR) is 69.5 cm³/mol. The Hall–Kier alpha value is -1.40. The number of aromatic nitrogens is 2. The van der Waals surface area contributed by atoms with Gasteiger partial charge in [-0.25, -0.2) is 4.98 Å². The van der Waals surface area contributed by atoms with Gasteiger partial charge in [-0.15, -0.1) is 0 Å². The van der Waals surface area contributed by atoms with Crippen LogP contribution in [0.1, 0.15) is 18.4 Å². The third-order valence-corrected chi connectivity index (χ3v) is 3.28. The first-order chi connectivity index (χ1) is 8.50. The normalized spacial score (nSPS) is 18.6. The number of nitrogen functional groups attached to an aromatic ring is 1. The van der Waals surface area contributed by atoms with E-state index in [0.717, 1.165) is 11.4 Å². The van der Waals surface area contributed by atoms with Gasteiger partial charge in [-0.05, 0) is 6.92 Å². The zero-order valence-corrected chi connectivity index (χ0v) is 10.9. The van der Waals surface area contributed by atoms with Crippen LogP contribution in [0.3, 0.4) is 0 Å². The molecule has 1 aromatic rings. The summed E-state index contributed by atoms with van der Waals surface area (Å²) in [5, 5.41) is 10.5. The standard InChI is InChI=1S/C12H20N4O2/c1-9-7-14-11(13)15-10(9)16(2)8-12(17)3-5-18-6-4-12/h7,17H,3-6,8H2,1-2H3,(H2,13,14,15). The molecule has 2 heterocycles. The van der Waals surface area contributed by atoms with Gasteiger partial charge >= 0.3 is 0 Å². The molecule has 6 nitrogen and oxygen atoms in total. The molecule has 0 saturated carbocycles. The molecule has 1 fully saturated rings. The summed E-state index contributed by atoms with van der Waals surface area (Å²) in [4.78, 5) is 10.1. The number of rotatable bonds is 3. The van der Waals surface area contributed by atoms with Gasteiger partial charge in [0.15, 0.2) is 0 Å². The van der Waals surface area contributed by atoms with Gasteiger partial charge in [-0.2, -0.15) is 4.98 Å². The SMILES string of the molecule is Cc1cnc(N)nc1N(C)CC1(O)CCOCC1. The average Bonchev–Trinajstić information content (AvgIpc) is 2.32. The smallest absolute Gasteiger partial charge is 0.221 e. The summed E-state index contributed by atoms with van der Waals surface area (Å²) in [6.45, 7) is 3.66. The molecule has 100 valence electrons. The largest absolute Gasteiger partial charge is 0.388 e. The van der Waals surface area contributed by atoms with E-state index >= 15 is 0 Å². The third-order valence-electron chi connectivity index (χ3n) is 3.28. The van der Waals surface area contributed by atoms with Crippen LogP contribution in [0.25, 0.3) is 0 Å². The van der Waals surface area contributed by atoms with E-state index in [9.17, 15) is 5.11 Å². The number of aliphatic hydroxyl groups is 1. The number of nitrogens with two attached hydrogens (primary N) is 1. The topological polar surface area (TPSA) is 84.5 Å². The minimum Gasteiger partial charge on any atom is -0.388 e. The Morgan fingerprint density at radius 2 is 2.17 bits per heavy atom. The van der Waals surface area contributed by atoms with Crippen molar-refractivity contribution >= 4 is 11.8 Å². The van der Waals surface area contributed by atoms with E-state index in [4.69, 9.17) is 10.5 Å². The molecule has 0 amide bonds. The highest BCUT2D eigenvalue weighted by atomic mass is 16.5. The number of hydrogen-bond acceptors (Lipinski definition) is 6. The van der Waals surface area contributed by atoms with Crippen LogP contribution in [-0.4, -0.2) is 47.5 Å². The molecule has 3 N–H and O–H groups in total. The second kappa shape index (κ2) is 5.07. The maximum atomic E-state index is 10.5. The molecule has 1 aliphatic rings. The molecule has 0 aromatic carbocycles. The van der Waals surface area contributed by atoms with E-state index in [1.807, 2.05) is 18.9 Å².